The molecule has 0 aliphatic carbocycles. The van der Waals surface area contributed by atoms with Gasteiger partial charge in [0.1, 0.15) is 5.58 Å². The average molecular weight is 366 g/mol. The van der Waals surface area contributed by atoms with E-state index in [0.717, 1.165) is 26.9 Å². The molecule has 7 heteroatoms. The van der Waals surface area contributed by atoms with E-state index in [0.29, 0.717) is 11.3 Å². The van der Waals surface area contributed by atoms with Gasteiger partial charge in [-0.25, -0.2) is 9.48 Å². The lowest BCUT2D eigenvalue weighted by atomic mass is 10.0. The number of aromatic nitrogens is 4. The highest BCUT2D eigenvalue weighted by Gasteiger charge is 2.20. The van der Waals surface area contributed by atoms with Crippen LogP contribution in [0.25, 0.3) is 21.7 Å². The van der Waals surface area contributed by atoms with Crippen molar-refractivity contribution in [1.29, 1.82) is 0 Å². The summed E-state index contributed by atoms with van der Waals surface area (Å²) in [6.07, 6.45) is 0. The first-order chi connectivity index (χ1) is 12.4. The standard InChI is InChI=1S/C19H18N4O2S/c1-19(2,3)23-18(20-21-22-23)26-11-13-10-16(24)25-15-9-8-12-6-4-5-7-14(12)17(13)15/h4-10H,11H2,1-3H3. The van der Waals surface area contributed by atoms with Crippen LogP contribution in [0.3, 0.4) is 0 Å². The molecule has 0 unspecified atom stereocenters. The van der Waals surface area contributed by atoms with Gasteiger partial charge in [0.25, 0.3) is 0 Å². The third-order valence-corrected chi connectivity index (χ3v) is 5.12. The van der Waals surface area contributed by atoms with Crippen molar-refractivity contribution in [3.63, 3.8) is 0 Å². The van der Waals surface area contributed by atoms with Gasteiger partial charge in [-0.1, -0.05) is 42.1 Å². The molecule has 6 nitrogen and oxygen atoms in total. The molecule has 0 bridgehead atoms. The van der Waals surface area contributed by atoms with Crippen LogP contribution < -0.4 is 5.63 Å². The van der Waals surface area contributed by atoms with Crippen LogP contribution in [0.5, 0.6) is 0 Å². The molecular formula is C19H18N4O2S. The van der Waals surface area contributed by atoms with Crippen molar-refractivity contribution in [3.05, 3.63) is 58.4 Å². The quantitative estimate of drug-likeness (QED) is 0.310. The van der Waals surface area contributed by atoms with Crippen LogP contribution in [0.4, 0.5) is 0 Å². The maximum absolute atomic E-state index is 12.0. The van der Waals surface area contributed by atoms with E-state index >= 15 is 0 Å². The first kappa shape index (κ1) is 16.8. The molecule has 0 spiro atoms. The average Bonchev–Trinajstić information content (AvgIpc) is 3.08. The molecule has 0 amide bonds. The largest absolute Gasteiger partial charge is 0.423 e. The second-order valence-corrected chi connectivity index (χ2v) is 8.03. The zero-order chi connectivity index (χ0) is 18.3. The zero-order valence-corrected chi connectivity index (χ0v) is 15.6. The van der Waals surface area contributed by atoms with E-state index in [2.05, 4.69) is 21.6 Å². The number of benzene rings is 2. The molecule has 0 saturated heterocycles. The minimum Gasteiger partial charge on any atom is -0.423 e. The summed E-state index contributed by atoms with van der Waals surface area (Å²) in [5, 5.41) is 15.9. The molecule has 4 aromatic rings. The first-order valence-electron chi connectivity index (χ1n) is 8.29. The highest BCUT2D eigenvalue weighted by atomic mass is 32.2. The Bertz CT molecular complexity index is 1160. The molecule has 0 radical (unpaired) electrons. The Labute approximate surface area is 154 Å². The Morgan fingerprint density at radius 1 is 1.15 bits per heavy atom. The van der Waals surface area contributed by atoms with E-state index in [4.69, 9.17) is 4.42 Å². The minimum absolute atomic E-state index is 0.212. The van der Waals surface area contributed by atoms with Gasteiger partial charge in [-0.15, -0.1) is 5.10 Å². The van der Waals surface area contributed by atoms with Gasteiger partial charge >= 0.3 is 5.63 Å². The Kier molecular flexibility index (Phi) is 4.03. The maximum Gasteiger partial charge on any atom is 0.336 e. The zero-order valence-electron chi connectivity index (χ0n) is 14.8. The van der Waals surface area contributed by atoms with Crippen molar-refractivity contribution >= 4 is 33.5 Å². The van der Waals surface area contributed by atoms with Crippen LogP contribution in [-0.4, -0.2) is 20.2 Å². The monoisotopic (exact) mass is 366 g/mol. The number of hydrogen-bond acceptors (Lipinski definition) is 6. The van der Waals surface area contributed by atoms with Gasteiger partial charge in [0, 0.05) is 17.2 Å². The lowest BCUT2D eigenvalue weighted by Crippen LogP contribution is -2.24. The SMILES string of the molecule is CC(C)(C)n1nnnc1SCc1cc(=O)oc2ccc3ccccc3c12. The summed E-state index contributed by atoms with van der Waals surface area (Å²) in [6, 6.07) is 13.5. The maximum atomic E-state index is 12.0. The van der Waals surface area contributed by atoms with Crippen molar-refractivity contribution < 1.29 is 4.42 Å². The Morgan fingerprint density at radius 2 is 1.96 bits per heavy atom. The third-order valence-electron chi connectivity index (χ3n) is 4.15. The molecule has 0 aliphatic rings. The minimum atomic E-state index is -0.348. The second kappa shape index (κ2) is 6.25. The smallest absolute Gasteiger partial charge is 0.336 e. The molecule has 0 atom stereocenters. The highest BCUT2D eigenvalue weighted by molar-refractivity contribution is 7.98. The van der Waals surface area contributed by atoms with Crippen LogP contribution in [-0.2, 0) is 11.3 Å². The van der Waals surface area contributed by atoms with Gasteiger partial charge in [0.15, 0.2) is 0 Å². The number of fused-ring (bicyclic) bond motifs is 3. The molecule has 0 aliphatic heterocycles. The molecule has 26 heavy (non-hydrogen) atoms. The predicted molar refractivity (Wildman–Crippen MR) is 102 cm³/mol. The molecule has 4 rings (SSSR count). The van der Waals surface area contributed by atoms with Gasteiger partial charge in [-0.3, -0.25) is 0 Å². The lowest BCUT2D eigenvalue weighted by Gasteiger charge is -2.19. The second-order valence-electron chi connectivity index (χ2n) is 7.08. The van der Waals surface area contributed by atoms with Crippen molar-refractivity contribution in [1.82, 2.24) is 20.2 Å². The lowest BCUT2D eigenvalue weighted by molar-refractivity contribution is 0.321. The van der Waals surface area contributed by atoms with E-state index in [1.54, 1.807) is 10.7 Å². The Hall–Kier alpha value is -2.67. The third kappa shape index (κ3) is 2.99. The van der Waals surface area contributed by atoms with Gasteiger partial charge in [-0.2, -0.15) is 0 Å². The van der Waals surface area contributed by atoms with E-state index in [1.807, 2.05) is 51.1 Å². The van der Waals surface area contributed by atoms with Crippen molar-refractivity contribution in [2.24, 2.45) is 0 Å². The molecule has 0 saturated carbocycles. The predicted octanol–water partition coefficient (Wildman–Crippen LogP) is 3.98. The molecule has 2 aromatic carbocycles. The Balaban J connectivity index is 1.81. The summed E-state index contributed by atoms with van der Waals surface area (Å²) in [6.45, 7) is 6.15. The summed E-state index contributed by atoms with van der Waals surface area (Å²) in [5.41, 5.74) is 0.957. The van der Waals surface area contributed by atoms with Gasteiger partial charge < -0.3 is 4.42 Å². The molecule has 0 fully saturated rings. The van der Waals surface area contributed by atoms with E-state index < -0.39 is 0 Å². The highest BCUT2D eigenvalue weighted by Crippen LogP contribution is 2.31. The first-order valence-corrected chi connectivity index (χ1v) is 9.28. The molecule has 2 aromatic heterocycles. The van der Waals surface area contributed by atoms with Crippen LogP contribution in [0, 0.1) is 0 Å². The number of thioether (sulfide) groups is 1. The van der Waals surface area contributed by atoms with Crippen molar-refractivity contribution in [3.8, 4) is 0 Å². The van der Waals surface area contributed by atoms with E-state index in [9.17, 15) is 4.79 Å². The number of nitrogens with zero attached hydrogens (tertiary/aromatic N) is 4. The number of rotatable bonds is 3. The topological polar surface area (TPSA) is 73.8 Å². The summed E-state index contributed by atoms with van der Waals surface area (Å²) in [4.78, 5) is 12.0. The van der Waals surface area contributed by atoms with Crippen molar-refractivity contribution in [2.75, 3.05) is 0 Å². The van der Waals surface area contributed by atoms with Crippen LogP contribution in [0.2, 0.25) is 0 Å². The fourth-order valence-corrected chi connectivity index (χ4v) is 4.01. The summed E-state index contributed by atoms with van der Waals surface area (Å²) >= 11 is 1.51. The normalized spacial score (nSPS) is 12.1. The number of hydrogen-bond donors (Lipinski definition) is 0. The fourth-order valence-electron chi connectivity index (χ4n) is 2.97. The van der Waals surface area contributed by atoms with E-state index in [-0.39, 0.29) is 11.2 Å². The summed E-state index contributed by atoms with van der Waals surface area (Å²) < 4.78 is 7.21. The van der Waals surface area contributed by atoms with Gasteiger partial charge in [0.05, 0.1) is 5.54 Å². The molecular weight excluding hydrogens is 348 g/mol. The van der Waals surface area contributed by atoms with Crippen LogP contribution in [0.1, 0.15) is 26.3 Å². The molecule has 2 heterocycles. The van der Waals surface area contributed by atoms with Gasteiger partial charge in [0.2, 0.25) is 5.16 Å². The van der Waals surface area contributed by atoms with E-state index in [1.165, 1.54) is 11.8 Å². The number of tetrazole rings is 1. The fraction of sp³-hybridized carbons (Fsp3) is 0.263. The van der Waals surface area contributed by atoms with Crippen LogP contribution in [0.15, 0.2) is 56.8 Å². The van der Waals surface area contributed by atoms with Crippen LogP contribution >= 0.6 is 11.8 Å². The van der Waals surface area contributed by atoms with Crippen molar-refractivity contribution in [2.45, 2.75) is 37.2 Å². The summed E-state index contributed by atoms with van der Waals surface area (Å²) in [5.74, 6) is 0.576. The molecule has 132 valence electrons. The van der Waals surface area contributed by atoms with Gasteiger partial charge in [-0.05, 0) is 53.6 Å². The summed E-state index contributed by atoms with van der Waals surface area (Å²) in [7, 11) is 0. The molecule has 0 N–H and O–H groups in total. The Morgan fingerprint density at radius 3 is 2.77 bits per heavy atom.